The second-order valence-corrected chi connectivity index (χ2v) is 5.45. The molecule has 0 aromatic heterocycles. The van der Waals surface area contributed by atoms with Crippen LogP contribution in [0.25, 0.3) is 0 Å². The molecule has 0 heterocycles. The van der Waals surface area contributed by atoms with E-state index >= 15 is 0 Å². The molecule has 0 radical (unpaired) electrons. The molecule has 25 heavy (non-hydrogen) atoms. The van der Waals surface area contributed by atoms with Gasteiger partial charge in [-0.25, -0.2) is 0 Å². The van der Waals surface area contributed by atoms with Crippen LogP contribution in [0.3, 0.4) is 0 Å². The number of aliphatic hydroxyl groups excluding tert-OH is 1. The van der Waals surface area contributed by atoms with Crippen molar-refractivity contribution in [1.29, 1.82) is 0 Å². The SMILES string of the molecule is O=[N+]([O-])c1ccc(/N=N/c2ccc(OCCCCCCO)cc2)cc1. The van der Waals surface area contributed by atoms with E-state index in [0.717, 1.165) is 31.4 Å². The molecule has 0 spiro atoms. The third-order valence-corrected chi connectivity index (χ3v) is 3.50. The topological polar surface area (TPSA) is 97.3 Å². The third-order valence-electron chi connectivity index (χ3n) is 3.50. The normalized spacial score (nSPS) is 10.9. The van der Waals surface area contributed by atoms with Gasteiger partial charge in [0, 0.05) is 18.7 Å². The van der Waals surface area contributed by atoms with Gasteiger partial charge >= 0.3 is 0 Å². The van der Waals surface area contributed by atoms with Crippen LogP contribution in [0.15, 0.2) is 58.8 Å². The van der Waals surface area contributed by atoms with E-state index in [4.69, 9.17) is 9.84 Å². The van der Waals surface area contributed by atoms with Crippen molar-refractivity contribution in [3.05, 3.63) is 58.6 Å². The molecule has 0 aliphatic carbocycles. The summed E-state index contributed by atoms with van der Waals surface area (Å²) >= 11 is 0. The molecule has 2 rings (SSSR count). The lowest BCUT2D eigenvalue weighted by Gasteiger charge is -2.05. The zero-order chi connectivity index (χ0) is 17.9. The molecule has 0 fully saturated rings. The second-order valence-electron chi connectivity index (χ2n) is 5.45. The van der Waals surface area contributed by atoms with E-state index in [2.05, 4.69) is 10.2 Å². The summed E-state index contributed by atoms with van der Waals surface area (Å²) in [7, 11) is 0. The molecule has 0 unspecified atom stereocenters. The minimum absolute atomic E-state index is 0.0248. The summed E-state index contributed by atoms with van der Waals surface area (Å²) in [4.78, 5) is 10.1. The van der Waals surface area contributed by atoms with Crippen LogP contribution >= 0.6 is 0 Å². The smallest absolute Gasteiger partial charge is 0.269 e. The molecule has 0 saturated heterocycles. The number of rotatable bonds is 10. The number of aliphatic hydroxyl groups is 1. The molecule has 0 aliphatic rings. The van der Waals surface area contributed by atoms with E-state index in [1.165, 1.54) is 12.1 Å². The summed E-state index contributed by atoms with van der Waals surface area (Å²) in [6.07, 6.45) is 3.86. The van der Waals surface area contributed by atoms with E-state index in [9.17, 15) is 10.1 Å². The minimum Gasteiger partial charge on any atom is -0.494 e. The molecule has 0 atom stereocenters. The van der Waals surface area contributed by atoms with E-state index in [1.54, 1.807) is 24.3 Å². The van der Waals surface area contributed by atoms with Crippen LogP contribution in [0.4, 0.5) is 17.1 Å². The maximum atomic E-state index is 10.6. The molecule has 2 aromatic carbocycles. The molecule has 0 bridgehead atoms. The molecule has 0 saturated carbocycles. The lowest BCUT2D eigenvalue weighted by Crippen LogP contribution is -1.97. The number of benzene rings is 2. The van der Waals surface area contributed by atoms with Gasteiger partial charge in [0.25, 0.3) is 5.69 Å². The van der Waals surface area contributed by atoms with E-state index in [0.29, 0.717) is 18.0 Å². The Morgan fingerprint density at radius 3 is 2.00 bits per heavy atom. The second kappa shape index (κ2) is 10.1. The molecule has 7 nitrogen and oxygen atoms in total. The Morgan fingerprint density at radius 1 is 0.880 bits per heavy atom. The van der Waals surface area contributed by atoms with Crippen molar-refractivity contribution in [2.24, 2.45) is 10.2 Å². The van der Waals surface area contributed by atoms with Gasteiger partial charge in [0.05, 0.1) is 22.9 Å². The van der Waals surface area contributed by atoms with Crippen molar-refractivity contribution in [2.75, 3.05) is 13.2 Å². The van der Waals surface area contributed by atoms with Gasteiger partial charge in [-0.1, -0.05) is 6.42 Å². The van der Waals surface area contributed by atoms with Crippen LogP contribution < -0.4 is 4.74 Å². The largest absolute Gasteiger partial charge is 0.494 e. The minimum atomic E-state index is -0.452. The fourth-order valence-electron chi connectivity index (χ4n) is 2.12. The lowest BCUT2D eigenvalue weighted by atomic mass is 10.2. The Balaban J connectivity index is 1.80. The highest BCUT2D eigenvalue weighted by Gasteiger charge is 2.03. The number of nitro groups is 1. The average molecular weight is 343 g/mol. The summed E-state index contributed by atoms with van der Waals surface area (Å²) in [5.41, 5.74) is 1.25. The third kappa shape index (κ3) is 6.68. The maximum absolute atomic E-state index is 10.6. The van der Waals surface area contributed by atoms with Gasteiger partial charge < -0.3 is 9.84 Å². The fourth-order valence-corrected chi connectivity index (χ4v) is 2.12. The molecule has 2 aromatic rings. The molecule has 0 aliphatic heterocycles. The van der Waals surface area contributed by atoms with Crippen molar-refractivity contribution in [3.63, 3.8) is 0 Å². The predicted molar refractivity (Wildman–Crippen MR) is 94.8 cm³/mol. The quantitative estimate of drug-likeness (QED) is 0.286. The molecule has 132 valence electrons. The first-order valence-corrected chi connectivity index (χ1v) is 8.19. The van der Waals surface area contributed by atoms with Gasteiger partial charge in [0.15, 0.2) is 0 Å². The predicted octanol–water partition coefficient (Wildman–Crippen LogP) is 4.94. The van der Waals surface area contributed by atoms with Gasteiger partial charge in [-0.3, -0.25) is 10.1 Å². The molecule has 1 N–H and O–H groups in total. The number of unbranched alkanes of at least 4 members (excludes halogenated alkanes) is 3. The van der Waals surface area contributed by atoms with Crippen molar-refractivity contribution in [1.82, 2.24) is 0 Å². The Morgan fingerprint density at radius 2 is 1.44 bits per heavy atom. The molecular weight excluding hydrogens is 322 g/mol. The van der Waals surface area contributed by atoms with Crippen LogP contribution in [0.1, 0.15) is 25.7 Å². The fraction of sp³-hybridized carbons (Fsp3) is 0.333. The van der Waals surface area contributed by atoms with E-state index in [1.807, 2.05) is 12.1 Å². The number of hydrogen-bond acceptors (Lipinski definition) is 6. The highest BCUT2D eigenvalue weighted by atomic mass is 16.6. The number of non-ortho nitro benzene ring substituents is 1. The molecule has 0 amide bonds. The summed E-state index contributed by atoms with van der Waals surface area (Å²) < 4.78 is 5.64. The van der Waals surface area contributed by atoms with Crippen molar-refractivity contribution in [2.45, 2.75) is 25.7 Å². The molecule has 7 heteroatoms. The monoisotopic (exact) mass is 343 g/mol. The van der Waals surface area contributed by atoms with E-state index in [-0.39, 0.29) is 12.3 Å². The van der Waals surface area contributed by atoms with Crippen LogP contribution in [0.5, 0.6) is 5.75 Å². The Kier molecular flexibility index (Phi) is 7.52. The van der Waals surface area contributed by atoms with Crippen LogP contribution in [-0.4, -0.2) is 23.2 Å². The van der Waals surface area contributed by atoms with Gasteiger partial charge in [0.1, 0.15) is 5.75 Å². The summed E-state index contributed by atoms with van der Waals surface area (Å²) in [6, 6.07) is 13.2. The number of nitrogens with zero attached hydrogens (tertiary/aromatic N) is 3. The Bertz CT molecular complexity index is 684. The van der Waals surface area contributed by atoms with Crippen molar-refractivity contribution < 1.29 is 14.8 Å². The number of ether oxygens (including phenoxy) is 1. The first-order valence-electron chi connectivity index (χ1n) is 8.19. The Hall–Kier alpha value is -2.80. The van der Waals surface area contributed by atoms with Crippen LogP contribution in [0.2, 0.25) is 0 Å². The molecular formula is C18H21N3O4. The van der Waals surface area contributed by atoms with E-state index < -0.39 is 4.92 Å². The number of hydrogen-bond donors (Lipinski definition) is 1. The zero-order valence-electron chi connectivity index (χ0n) is 13.9. The van der Waals surface area contributed by atoms with Gasteiger partial charge in [-0.05, 0) is 55.7 Å². The van der Waals surface area contributed by atoms with Crippen molar-refractivity contribution in [3.8, 4) is 5.75 Å². The summed E-state index contributed by atoms with van der Waals surface area (Å²) in [5, 5.41) is 27.4. The summed E-state index contributed by atoms with van der Waals surface area (Å²) in [5.74, 6) is 0.774. The van der Waals surface area contributed by atoms with Crippen molar-refractivity contribution >= 4 is 17.1 Å². The van der Waals surface area contributed by atoms with Gasteiger partial charge in [-0.15, -0.1) is 0 Å². The van der Waals surface area contributed by atoms with Gasteiger partial charge in [-0.2, -0.15) is 10.2 Å². The lowest BCUT2D eigenvalue weighted by molar-refractivity contribution is -0.384. The van der Waals surface area contributed by atoms with Crippen LogP contribution in [-0.2, 0) is 0 Å². The highest BCUT2D eigenvalue weighted by Crippen LogP contribution is 2.23. The first kappa shape index (κ1) is 18.5. The first-order chi connectivity index (χ1) is 12.2. The average Bonchev–Trinajstić information content (AvgIpc) is 2.64. The highest BCUT2D eigenvalue weighted by molar-refractivity contribution is 5.45. The zero-order valence-corrected chi connectivity index (χ0v) is 13.9. The van der Waals surface area contributed by atoms with Crippen LogP contribution in [0, 0.1) is 10.1 Å². The standard InChI is InChI=1S/C18H21N3O4/c22-13-3-1-2-4-14-25-18-11-7-16(8-12-18)20-19-15-5-9-17(10-6-15)21(23)24/h5-12,22H,1-4,13-14H2/b20-19+. The number of azo groups is 1. The van der Waals surface area contributed by atoms with Gasteiger partial charge in [0.2, 0.25) is 0 Å². The maximum Gasteiger partial charge on any atom is 0.269 e. The number of nitro benzene ring substituents is 1. The summed E-state index contributed by atoms with van der Waals surface area (Å²) in [6.45, 7) is 0.895. The Labute approximate surface area is 146 Å².